The predicted molar refractivity (Wildman–Crippen MR) is 94.3 cm³/mol. The van der Waals surface area contributed by atoms with Crippen molar-refractivity contribution in [3.05, 3.63) is 53.3 Å². The third-order valence-electron chi connectivity index (χ3n) is 4.65. The number of rotatable bonds is 3. The zero-order chi connectivity index (χ0) is 18.0. The quantitative estimate of drug-likeness (QED) is 0.901. The van der Waals surface area contributed by atoms with Gasteiger partial charge in [-0.05, 0) is 24.7 Å². The number of likely N-dealkylation sites (N-methyl/N-ethyl adjacent to an activating group) is 1. The Morgan fingerprint density at radius 2 is 2.00 bits per heavy atom. The number of carbonyl (C=O) groups is 2. The SMILES string of the molecule is CNC(=O)c1cccc(C2CN(C(=O)c3cnn(C)c3)CCN2C)c1. The molecule has 0 spiro atoms. The summed E-state index contributed by atoms with van der Waals surface area (Å²) in [6, 6.07) is 7.64. The van der Waals surface area contributed by atoms with E-state index in [2.05, 4.69) is 15.3 Å². The molecule has 1 atom stereocenters. The molecule has 3 rings (SSSR count). The molecule has 1 aliphatic heterocycles. The van der Waals surface area contributed by atoms with Crippen molar-refractivity contribution in [2.24, 2.45) is 7.05 Å². The van der Waals surface area contributed by atoms with Crippen molar-refractivity contribution in [3.63, 3.8) is 0 Å². The Kier molecular flexibility index (Phi) is 4.85. The fourth-order valence-corrected chi connectivity index (χ4v) is 3.16. The van der Waals surface area contributed by atoms with Crippen molar-refractivity contribution < 1.29 is 9.59 Å². The number of aromatic nitrogens is 2. The second-order valence-corrected chi connectivity index (χ2v) is 6.35. The van der Waals surface area contributed by atoms with Gasteiger partial charge in [0.05, 0.1) is 17.8 Å². The highest BCUT2D eigenvalue weighted by molar-refractivity contribution is 5.94. The van der Waals surface area contributed by atoms with Crippen LogP contribution in [0.5, 0.6) is 0 Å². The predicted octanol–water partition coefficient (Wildman–Crippen LogP) is 0.909. The van der Waals surface area contributed by atoms with E-state index in [1.54, 1.807) is 37.2 Å². The number of benzene rings is 1. The molecule has 25 heavy (non-hydrogen) atoms. The lowest BCUT2D eigenvalue weighted by Crippen LogP contribution is -2.49. The van der Waals surface area contributed by atoms with Crippen LogP contribution in [-0.2, 0) is 7.05 Å². The lowest BCUT2D eigenvalue weighted by Gasteiger charge is -2.39. The van der Waals surface area contributed by atoms with Crippen molar-refractivity contribution in [1.82, 2.24) is 24.9 Å². The van der Waals surface area contributed by atoms with E-state index in [1.807, 2.05) is 30.1 Å². The fraction of sp³-hybridized carbons (Fsp3) is 0.389. The highest BCUT2D eigenvalue weighted by atomic mass is 16.2. The van der Waals surface area contributed by atoms with Crippen LogP contribution >= 0.6 is 0 Å². The molecular formula is C18H23N5O2. The first kappa shape index (κ1) is 17.2. The van der Waals surface area contributed by atoms with Gasteiger partial charge in [-0.1, -0.05) is 12.1 Å². The Morgan fingerprint density at radius 3 is 2.68 bits per heavy atom. The van der Waals surface area contributed by atoms with Gasteiger partial charge in [0.1, 0.15) is 0 Å². The number of amides is 2. The summed E-state index contributed by atoms with van der Waals surface area (Å²) in [6.07, 6.45) is 3.34. The van der Waals surface area contributed by atoms with E-state index in [1.165, 1.54) is 0 Å². The molecule has 2 heterocycles. The van der Waals surface area contributed by atoms with Crippen LogP contribution in [0.15, 0.2) is 36.7 Å². The standard InChI is InChI=1S/C18H23N5O2/c1-19-17(24)14-6-4-5-13(9-14)16-12-23(8-7-21(16)2)18(25)15-10-20-22(3)11-15/h4-6,9-11,16H,7-8,12H2,1-3H3,(H,19,24). The Balaban J connectivity index is 1.81. The molecule has 1 aliphatic rings. The van der Waals surface area contributed by atoms with Crippen molar-refractivity contribution in [3.8, 4) is 0 Å². The minimum atomic E-state index is -0.108. The van der Waals surface area contributed by atoms with Gasteiger partial charge in [0.15, 0.2) is 0 Å². The maximum Gasteiger partial charge on any atom is 0.257 e. The number of aryl methyl sites for hydroxylation is 1. The molecule has 2 amide bonds. The van der Waals surface area contributed by atoms with E-state index < -0.39 is 0 Å². The zero-order valence-electron chi connectivity index (χ0n) is 14.8. The van der Waals surface area contributed by atoms with Gasteiger partial charge in [0.25, 0.3) is 11.8 Å². The Bertz CT molecular complexity index is 785. The molecule has 1 aromatic heterocycles. The van der Waals surface area contributed by atoms with Crippen LogP contribution in [0.4, 0.5) is 0 Å². The average molecular weight is 341 g/mol. The van der Waals surface area contributed by atoms with Crippen LogP contribution in [0.1, 0.15) is 32.3 Å². The van der Waals surface area contributed by atoms with Crippen molar-refractivity contribution in [1.29, 1.82) is 0 Å². The molecule has 7 heteroatoms. The molecule has 1 fully saturated rings. The molecule has 0 bridgehead atoms. The summed E-state index contributed by atoms with van der Waals surface area (Å²) in [7, 11) is 5.47. The molecule has 1 unspecified atom stereocenters. The minimum absolute atomic E-state index is 0.00587. The summed E-state index contributed by atoms with van der Waals surface area (Å²) >= 11 is 0. The second-order valence-electron chi connectivity index (χ2n) is 6.35. The molecule has 7 nitrogen and oxygen atoms in total. The molecule has 0 saturated carbocycles. The number of nitrogens with one attached hydrogen (secondary N) is 1. The Morgan fingerprint density at radius 1 is 1.20 bits per heavy atom. The Labute approximate surface area is 147 Å². The fourth-order valence-electron chi connectivity index (χ4n) is 3.16. The first-order chi connectivity index (χ1) is 12.0. The lowest BCUT2D eigenvalue weighted by molar-refractivity contribution is 0.0545. The van der Waals surface area contributed by atoms with E-state index >= 15 is 0 Å². The first-order valence-corrected chi connectivity index (χ1v) is 8.30. The first-order valence-electron chi connectivity index (χ1n) is 8.30. The summed E-state index contributed by atoms with van der Waals surface area (Å²) in [5.74, 6) is -0.114. The summed E-state index contributed by atoms with van der Waals surface area (Å²) < 4.78 is 1.63. The number of hydrogen-bond donors (Lipinski definition) is 1. The van der Waals surface area contributed by atoms with Gasteiger partial charge < -0.3 is 10.2 Å². The van der Waals surface area contributed by atoms with Gasteiger partial charge in [-0.15, -0.1) is 0 Å². The highest BCUT2D eigenvalue weighted by Crippen LogP contribution is 2.25. The minimum Gasteiger partial charge on any atom is -0.355 e. The third kappa shape index (κ3) is 3.56. The van der Waals surface area contributed by atoms with Crippen molar-refractivity contribution >= 4 is 11.8 Å². The van der Waals surface area contributed by atoms with E-state index in [9.17, 15) is 9.59 Å². The molecular weight excluding hydrogens is 318 g/mol. The maximum atomic E-state index is 12.7. The van der Waals surface area contributed by atoms with Gasteiger partial charge in [0, 0.05) is 45.5 Å². The molecule has 1 saturated heterocycles. The van der Waals surface area contributed by atoms with Crippen LogP contribution in [0.3, 0.4) is 0 Å². The van der Waals surface area contributed by atoms with Crippen LogP contribution in [0.2, 0.25) is 0 Å². The topological polar surface area (TPSA) is 70.5 Å². The summed E-state index contributed by atoms with van der Waals surface area (Å²) in [4.78, 5) is 28.7. The number of nitrogens with zero attached hydrogens (tertiary/aromatic N) is 4. The summed E-state index contributed by atoms with van der Waals surface area (Å²) in [5.41, 5.74) is 2.27. The van der Waals surface area contributed by atoms with E-state index in [-0.39, 0.29) is 17.9 Å². The van der Waals surface area contributed by atoms with Crippen molar-refractivity contribution in [2.75, 3.05) is 33.7 Å². The van der Waals surface area contributed by atoms with E-state index in [0.29, 0.717) is 24.2 Å². The van der Waals surface area contributed by atoms with Crippen LogP contribution in [-0.4, -0.2) is 65.1 Å². The largest absolute Gasteiger partial charge is 0.355 e. The van der Waals surface area contributed by atoms with E-state index in [4.69, 9.17) is 0 Å². The van der Waals surface area contributed by atoms with Gasteiger partial charge in [0.2, 0.25) is 0 Å². The zero-order valence-corrected chi connectivity index (χ0v) is 14.8. The van der Waals surface area contributed by atoms with Gasteiger partial charge in [-0.25, -0.2) is 0 Å². The number of piperazine rings is 1. The monoisotopic (exact) mass is 341 g/mol. The van der Waals surface area contributed by atoms with Gasteiger partial charge in [-0.2, -0.15) is 5.10 Å². The molecule has 1 N–H and O–H groups in total. The van der Waals surface area contributed by atoms with Crippen LogP contribution < -0.4 is 5.32 Å². The number of hydrogen-bond acceptors (Lipinski definition) is 4. The van der Waals surface area contributed by atoms with Crippen LogP contribution in [0.25, 0.3) is 0 Å². The second kappa shape index (κ2) is 7.06. The van der Waals surface area contributed by atoms with E-state index in [0.717, 1.165) is 12.1 Å². The van der Waals surface area contributed by atoms with Crippen molar-refractivity contribution in [2.45, 2.75) is 6.04 Å². The lowest BCUT2D eigenvalue weighted by atomic mass is 10.00. The molecule has 132 valence electrons. The number of carbonyl (C=O) groups excluding carboxylic acids is 2. The average Bonchev–Trinajstić information content (AvgIpc) is 3.07. The van der Waals surface area contributed by atoms with Crippen LogP contribution in [0, 0.1) is 0 Å². The molecule has 0 radical (unpaired) electrons. The smallest absolute Gasteiger partial charge is 0.257 e. The summed E-state index contributed by atoms with van der Waals surface area (Å²) in [5, 5.41) is 6.73. The van der Waals surface area contributed by atoms with Gasteiger partial charge >= 0.3 is 0 Å². The summed E-state index contributed by atoms with van der Waals surface area (Å²) in [6.45, 7) is 2.04. The Hall–Kier alpha value is -2.67. The normalized spacial score (nSPS) is 18.2. The highest BCUT2D eigenvalue weighted by Gasteiger charge is 2.29. The maximum absolute atomic E-state index is 12.7. The molecule has 1 aromatic carbocycles. The third-order valence-corrected chi connectivity index (χ3v) is 4.65. The van der Waals surface area contributed by atoms with Gasteiger partial charge in [-0.3, -0.25) is 19.2 Å². The molecule has 0 aliphatic carbocycles. The molecule has 2 aromatic rings.